The molecule has 0 aliphatic rings. The van der Waals surface area contributed by atoms with Gasteiger partial charge in [0.15, 0.2) is 0 Å². The summed E-state index contributed by atoms with van der Waals surface area (Å²) in [6.45, 7) is 0. The lowest BCUT2D eigenvalue weighted by Crippen LogP contribution is -2.01. The molecule has 14 rings (SSSR count). The molecule has 0 saturated carbocycles. The lowest BCUT2D eigenvalue weighted by Gasteiger charge is -2.28. The van der Waals surface area contributed by atoms with Crippen LogP contribution in [0.2, 0.25) is 0 Å². The summed E-state index contributed by atoms with van der Waals surface area (Å²) >= 11 is 0. The number of hydrogen-bond acceptors (Lipinski definition) is 0. The second-order valence-electron chi connectivity index (χ2n) is 20.2. The molecule has 0 bridgehead atoms. The van der Waals surface area contributed by atoms with Crippen molar-refractivity contribution in [1.29, 1.82) is 0 Å². The number of hydrogen-bond donors (Lipinski definition) is 0. The zero-order chi connectivity index (χ0) is 51.8. The van der Waals surface area contributed by atoms with E-state index in [9.17, 15) is 0 Å². The molecular formula is C78H52. The Balaban J connectivity index is 1.34. The topological polar surface area (TPSA) is 0 Å². The van der Waals surface area contributed by atoms with Crippen LogP contribution in [0, 0.1) is 0 Å². The van der Waals surface area contributed by atoms with Crippen molar-refractivity contribution in [2.24, 2.45) is 0 Å². The van der Waals surface area contributed by atoms with Crippen LogP contribution in [0.5, 0.6) is 0 Å². The smallest absolute Gasteiger partial charge is 0.000116 e. The highest BCUT2D eigenvalue weighted by molar-refractivity contribution is 6.36. The summed E-state index contributed by atoms with van der Waals surface area (Å²) in [4.78, 5) is 0. The minimum Gasteiger partial charge on any atom is -0.0622 e. The van der Waals surface area contributed by atoms with E-state index in [1.165, 1.54) is 132 Å². The predicted octanol–water partition coefficient (Wildman–Crippen LogP) is 21.8. The molecule has 0 nitrogen and oxygen atoms in total. The van der Waals surface area contributed by atoms with Gasteiger partial charge in [-0.2, -0.15) is 0 Å². The average Bonchev–Trinajstić information content (AvgIpc) is 3.58. The largest absolute Gasteiger partial charge is 0.0622 e. The molecule has 0 heterocycles. The summed E-state index contributed by atoms with van der Waals surface area (Å²) in [6, 6.07) is 117. The second-order valence-corrected chi connectivity index (χ2v) is 20.2. The molecule has 0 radical (unpaired) electrons. The Morgan fingerprint density at radius 3 is 0.551 bits per heavy atom. The minimum atomic E-state index is 1.16. The quantitative estimate of drug-likeness (QED) is 0.120. The van der Waals surface area contributed by atoms with Crippen molar-refractivity contribution in [2.75, 3.05) is 0 Å². The summed E-state index contributed by atoms with van der Waals surface area (Å²) in [5.74, 6) is 0. The lowest BCUT2D eigenvalue weighted by molar-refractivity contribution is 1.58. The van der Waals surface area contributed by atoms with E-state index in [1.54, 1.807) is 0 Å². The third-order valence-electron chi connectivity index (χ3n) is 15.7. The molecule has 0 unspecified atom stereocenters. The van der Waals surface area contributed by atoms with Crippen LogP contribution < -0.4 is 0 Å². The van der Waals surface area contributed by atoms with Crippen LogP contribution in [0.25, 0.3) is 144 Å². The van der Waals surface area contributed by atoms with Crippen LogP contribution in [0.4, 0.5) is 0 Å². The first-order chi connectivity index (χ1) is 38.8. The Morgan fingerprint density at radius 2 is 0.308 bits per heavy atom. The van der Waals surface area contributed by atoms with Crippen LogP contribution in [-0.2, 0) is 0 Å². The molecule has 364 valence electrons. The van der Waals surface area contributed by atoms with Gasteiger partial charge in [0.25, 0.3) is 0 Å². The van der Waals surface area contributed by atoms with Gasteiger partial charge in [0.1, 0.15) is 0 Å². The highest BCUT2D eigenvalue weighted by Gasteiger charge is 2.30. The third-order valence-corrected chi connectivity index (χ3v) is 15.7. The lowest BCUT2D eigenvalue weighted by atomic mass is 9.74. The van der Waals surface area contributed by atoms with Gasteiger partial charge >= 0.3 is 0 Å². The van der Waals surface area contributed by atoms with Gasteiger partial charge in [-0.1, -0.05) is 291 Å². The molecule has 14 aromatic rings. The summed E-state index contributed by atoms with van der Waals surface area (Å²) < 4.78 is 0. The van der Waals surface area contributed by atoms with E-state index in [0.29, 0.717) is 0 Å². The number of rotatable bonds is 10. The van der Waals surface area contributed by atoms with Gasteiger partial charge in [-0.15, -0.1) is 0 Å². The fourth-order valence-corrected chi connectivity index (χ4v) is 12.3. The molecule has 0 heteroatoms. The van der Waals surface area contributed by atoms with E-state index in [4.69, 9.17) is 0 Å². The summed E-state index contributed by atoms with van der Waals surface area (Å²) in [5.41, 5.74) is 23.5. The molecule has 0 aliphatic heterocycles. The van der Waals surface area contributed by atoms with Crippen molar-refractivity contribution in [2.45, 2.75) is 0 Å². The van der Waals surface area contributed by atoms with Gasteiger partial charge in [0, 0.05) is 0 Å². The maximum atomic E-state index is 2.53. The van der Waals surface area contributed by atoms with Crippen LogP contribution in [-0.4, -0.2) is 0 Å². The molecule has 14 aromatic carbocycles. The normalized spacial score (nSPS) is 11.3. The standard InChI is InChI=1S/C78H52/c1-9-29-53(30-10-1)61-45-25-27-47-63(61)75-71-51-67(57-37-17-5-18-38-57)68(58-39-19-6-20-40-58)52-72(71)76(64-48-28-26-46-62(64)54-31-11-2-12-32-54)78-74(60-43-23-8-24-44-60)70-50-66(56-35-15-4-16-36-56)65(55-33-13-3-14-34-55)49-69(70)73(77(75)78)59-41-21-7-22-42-59/h1-52H. The SMILES string of the molecule is c1ccc(-c2cc3c(-c4ccccc4)c4c(-c5ccccc5-c5ccccc5)c5cc(-c6ccccc6)c(-c6ccccc6)cc5c(-c5ccccc5-c5ccccc5)c4c(-c4ccccc4)c3cc2-c2ccccc2)cc1. The van der Waals surface area contributed by atoms with Crippen molar-refractivity contribution in [3.63, 3.8) is 0 Å². The van der Waals surface area contributed by atoms with Crippen molar-refractivity contribution >= 4 is 32.3 Å². The van der Waals surface area contributed by atoms with E-state index in [-0.39, 0.29) is 0 Å². The molecule has 0 atom stereocenters. The fraction of sp³-hybridized carbons (Fsp3) is 0. The van der Waals surface area contributed by atoms with Gasteiger partial charge in [-0.25, -0.2) is 0 Å². The zero-order valence-corrected chi connectivity index (χ0v) is 43.0. The molecule has 78 heavy (non-hydrogen) atoms. The Hall–Kier alpha value is -10.1. The van der Waals surface area contributed by atoms with E-state index < -0.39 is 0 Å². The first kappa shape index (κ1) is 46.4. The van der Waals surface area contributed by atoms with Crippen LogP contribution in [0.3, 0.4) is 0 Å². The fourth-order valence-electron chi connectivity index (χ4n) is 12.3. The summed E-state index contributed by atoms with van der Waals surface area (Å²) in [5, 5.41) is 7.16. The Labute approximate surface area is 456 Å². The van der Waals surface area contributed by atoms with Crippen molar-refractivity contribution < 1.29 is 0 Å². The Kier molecular flexibility index (Phi) is 12.0. The van der Waals surface area contributed by atoms with Gasteiger partial charge < -0.3 is 0 Å². The van der Waals surface area contributed by atoms with Gasteiger partial charge in [0.2, 0.25) is 0 Å². The Bertz CT molecular complexity index is 4170. The Morgan fingerprint density at radius 1 is 0.128 bits per heavy atom. The molecule has 0 saturated heterocycles. The maximum absolute atomic E-state index is 2.53. The molecule has 0 aromatic heterocycles. The first-order valence-electron chi connectivity index (χ1n) is 27.0. The van der Waals surface area contributed by atoms with Crippen molar-refractivity contribution in [3.8, 4) is 111 Å². The third kappa shape index (κ3) is 8.20. The van der Waals surface area contributed by atoms with Gasteiger partial charge in [-0.05, 0) is 168 Å². The number of fused-ring (bicyclic) bond motifs is 3. The highest BCUT2D eigenvalue weighted by atomic mass is 14.3. The van der Waals surface area contributed by atoms with Crippen LogP contribution >= 0.6 is 0 Å². The first-order valence-corrected chi connectivity index (χ1v) is 27.0. The molecule has 0 amide bonds. The number of benzene rings is 14. The predicted molar refractivity (Wildman–Crippen MR) is 333 cm³/mol. The van der Waals surface area contributed by atoms with E-state index >= 15 is 0 Å². The zero-order valence-electron chi connectivity index (χ0n) is 43.0. The summed E-state index contributed by atoms with van der Waals surface area (Å²) in [6.07, 6.45) is 0. The molecule has 0 spiro atoms. The molecule has 0 N–H and O–H groups in total. The minimum absolute atomic E-state index is 1.16. The van der Waals surface area contributed by atoms with E-state index in [2.05, 4.69) is 315 Å². The highest BCUT2D eigenvalue weighted by Crippen LogP contribution is 2.58. The maximum Gasteiger partial charge on any atom is -0.000116 e. The van der Waals surface area contributed by atoms with Gasteiger partial charge in [-0.3, -0.25) is 0 Å². The molecule has 0 fully saturated rings. The second kappa shape index (κ2) is 20.2. The van der Waals surface area contributed by atoms with Crippen molar-refractivity contribution in [3.05, 3.63) is 315 Å². The molecule has 0 aliphatic carbocycles. The van der Waals surface area contributed by atoms with Crippen molar-refractivity contribution in [1.82, 2.24) is 0 Å². The summed E-state index contributed by atoms with van der Waals surface area (Å²) in [7, 11) is 0. The molecular weight excluding hydrogens is 937 g/mol. The van der Waals surface area contributed by atoms with Crippen LogP contribution in [0.1, 0.15) is 0 Å². The van der Waals surface area contributed by atoms with E-state index in [1.807, 2.05) is 0 Å². The van der Waals surface area contributed by atoms with Crippen LogP contribution in [0.15, 0.2) is 315 Å². The average molecular weight is 989 g/mol. The van der Waals surface area contributed by atoms with E-state index in [0.717, 1.165) is 11.1 Å². The van der Waals surface area contributed by atoms with Gasteiger partial charge in [0.05, 0.1) is 0 Å². The monoisotopic (exact) mass is 988 g/mol.